The molecule has 0 aliphatic heterocycles. The molecule has 0 aromatic carbocycles. The Labute approximate surface area is 104 Å². The summed E-state index contributed by atoms with van der Waals surface area (Å²) < 4.78 is 2.04. The van der Waals surface area contributed by atoms with Crippen molar-refractivity contribution >= 4 is 0 Å². The molecule has 2 rings (SSSR count). The van der Waals surface area contributed by atoms with Gasteiger partial charge in [0.25, 0.3) is 0 Å². The molecule has 3 nitrogen and oxygen atoms in total. The lowest BCUT2D eigenvalue weighted by atomic mass is 9.71. The summed E-state index contributed by atoms with van der Waals surface area (Å²) in [5, 5.41) is 4.66. The first-order chi connectivity index (χ1) is 8.15. The molecule has 0 spiro atoms. The van der Waals surface area contributed by atoms with Gasteiger partial charge < -0.3 is 5.73 Å². The summed E-state index contributed by atoms with van der Waals surface area (Å²) in [5.74, 6) is 0. The Hall–Kier alpha value is -0.830. The van der Waals surface area contributed by atoms with E-state index in [0.717, 1.165) is 13.0 Å². The van der Waals surface area contributed by atoms with Gasteiger partial charge in [0, 0.05) is 12.2 Å². The summed E-state index contributed by atoms with van der Waals surface area (Å²) in [4.78, 5) is 0. The van der Waals surface area contributed by atoms with E-state index in [0.29, 0.717) is 11.5 Å². The summed E-state index contributed by atoms with van der Waals surface area (Å²) in [6, 6.07) is 2.61. The van der Waals surface area contributed by atoms with E-state index in [1.165, 1.54) is 37.8 Å². The Kier molecular flexibility index (Phi) is 3.87. The predicted octanol–water partition coefficient (Wildman–Crippen LogP) is 2.92. The van der Waals surface area contributed by atoms with Crippen LogP contribution in [0, 0.1) is 5.41 Å². The molecule has 96 valence electrons. The lowest BCUT2D eigenvalue weighted by Gasteiger charge is -2.35. The summed E-state index contributed by atoms with van der Waals surface area (Å²) in [6.45, 7) is 5.13. The Morgan fingerprint density at radius 1 is 1.35 bits per heavy atom. The molecule has 1 aliphatic carbocycles. The maximum absolute atomic E-state index is 6.02. The molecular weight excluding hydrogens is 210 g/mol. The number of hydrogen-bond donors (Lipinski definition) is 1. The number of hydrogen-bond acceptors (Lipinski definition) is 2. The minimum absolute atomic E-state index is 0.328. The lowest BCUT2D eigenvalue weighted by molar-refractivity contribution is 0.195. The third kappa shape index (κ3) is 2.89. The van der Waals surface area contributed by atoms with Gasteiger partial charge in [-0.25, -0.2) is 0 Å². The van der Waals surface area contributed by atoms with Crippen LogP contribution in [-0.2, 0) is 6.42 Å². The van der Waals surface area contributed by atoms with Crippen LogP contribution in [0.1, 0.15) is 57.7 Å². The molecule has 2 N–H and O–H groups in total. The van der Waals surface area contributed by atoms with Gasteiger partial charge in [-0.1, -0.05) is 19.3 Å². The molecule has 0 radical (unpaired) electrons. The van der Waals surface area contributed by atoms with E-state index in [4.69, 9.17) is 5.73 Å². The smallest absolute Gasteiger partial charge is 0.0630 e. The molecule has 1 fully saturated rings. The molecule has 0 bridgehead atoms. The van der Waals surface area contributed by atoms with Crippen LogP contribution < -0.4 is 5.73 Å². The van der Waals surface area contributed by atoms with E-state index in [2.05, 4.69) is 31.2 Å². The highest BCUT2D eigenvalue weighted by atomic mass is 15.3. The second-order valence-electron chi connectivity index (χ2n) is 5.82. The van der Waals surface area contributed by atoms with Crippen molar-refractivity contribution in [2.45, 2.75) is 58.4 Å². The zero-order chi connectivity index (χ0) is 12.3. The van der Waals surface area contributed by atoms with Crippen LogP contribution in [-0.4, -0.2) is 16.3 Å². The van der Waals surface area contributed by atoms with Crippen molar-refractivity contribution in [3.05, 3.63) is 18.0 Å². The number of nitrogens with zero attached hydrogens (tertiary/aromatic N) is 2. The Morgan fingerprint density at radius 3 is 2.59 bits per heavy atom. The van der Waals surface area contributed by atoms with Crippen LogP contribution in [0.2, 0.25) is 0 Å². The third-order valence-electron chi connectivity index (χ3n) is 4.10. The van der Waals surface area contributed by atoms with Crippen LogP contribution >= 0.6 is 0 Å². The van der Waals surface area contributed by atoms with E-state index in [1.807, 2.05) is 4.68 Å². The van der Waals surface area contributed by atoms with E-state index in [1.54, 1.807) is 0 Å². The molecule has 1 aromatic rings. The van der Waals surface area contributed by atoms with Crippen molar-refractivity contribution < 1.29 is 0 Å². The van der Waals surface area contributed by atoms with Crippen molar-refractivity contribution in [3.63, 3.8) is 0 Å². The van der Waals surface area contributed by atoms with Gasteiger partial charge in [-0.3, -0.25) is 4.68 Å². The van der Waals surface area contributed by atoms with E-state index in [-0.39, 0.29) is 0 Å². The quantitative estimate of drug-likeness (QED) is 0.872. The topological polar surface area (TPSA) is 43.8 Å². The highest BCUT2D eigenvalue weighted by Crippen LogP contribution is 2.38. The average Bonchev–Trinajstić information content (AvgIpc) is 2.79. The van der Waals surface area contributed by atoms with E-state index in [9.17, 15) is 0 Å². The fraction of sp³-hybridized carbons (Fsp3) is 0.786. The second kappa shape index (κ2) is 5.21. The molecule has 0 unspecified atom stereocenters. The van der Waals surface area contributed by atoms with Gasteiger partial charge in [0.1, 0.15) is 0 Å². The van der Waals surface area contributed by atoms with Crippen molar-refractivity contribution in [1.82, 2.24) is 9.78 Å². The summed E-state index contributed by atoms with van der Waals surface area (Å²) >= 11 is 0. The minimum Gasteiger partial charge on any atom is -0.330 e. The van der Waals surface area contributed by atoms with Gasteiger partial charge in [-0.05, 0) is 51.1 Å². The van der Waals surface area contributed by atoms with Gasteiger partial charge in [-0.15, -0.1) is 0 Å². The maximum atomic E-state index is 6.02. The largest absolute Gasteiger partial charge is 0.330 e. The fourth-order valence-corrected chi connectivity index (χ4v) is 2.90. The number of aromatic nitrogens is 2. The molecule has 0 atom stereocenters. The van der Waals surface area contributed by atoms with E-state index < -0.39 is 0 Å². The Morgan fingerprint density at radius 2 is 2.06 bits per heavy atom. The zero-order valence-corrected chi connectivity index (χ0v) is 11.2. The van der Waals surface area contributed by atoms with Gasteiger partial charge in [0.05, 0.1) is 5.69 Å². The molecule has 17 heavy (non-hydrogen) atoms. The van der Waals surface area contributed by atoms with Gasteiger partial charge >= 0.3 is 0 Å². The zero-order valence-electron chi connectivity index (χ0n) is 11.2. The molecule has 0 saturated heterocycles. The van der Waals surface area contributed by atoms with Gasteiger partial charge in [-0.2, -0.15) is 5.10 Å². The first kappa shape index (κ1) is 12.6. The van der Waals surface area contributed by atoms with Crippen LogP contribution in [0.5, 0.6) is 0 Å². The molecular formula is C14H25N3. The molecule has 1 saturated carbocycles. The molecule has 3 heteroatoms. The van der Waals surface area contributed by atoms with Crippen molar-refractivity contribution in [2.75, 3.05) is 6.54 Å². The maximum Gasteiger partial charge on any atom is 0.0630 e. The summed E-state index contributed by atoms with van der Waals surface area (Å²) in [6.07, 6.45) is 9.75. The highest BCUT2D eigenvalue weighted by molar-refractivity contribution is 5.05. The Balaban J connectivity index is 2.06. The molecule has 1 aliphatic rings. The molecule has 1 aromatic heterocycles. The van der Waals surface area contributed by atoms with Crippen LogP contribution in [0.15, 0.2) is 12.3 Å². The standard InChI is InChI=1S/C14H25N3/c1-12(2)17-9-6-13(16-17)10-14(11-15)7-4-3-5-8-14/h6,9,12H,3-5,7-8,10-11,15H2,1-2H3. The lowest BCUT2D eigenvalue weighted by Crippen LogP contribution is -2.35. The highest BCUT2D eigenvalue weighted by Gasteiger charge is 2.31. The minimum atomic E-state index is 0.328. The Bertz CT molecular complexity index is 348. The summed E-state index contributed by atoms with van der Waals surface area (Å²) in [7, 11) is 0. The fourth-order valence-electron chi connectivity index (χ4n) is 2.90. The average molecular weight is 235 g/mol. The first-order valence-electron chi connectivity index (χ1n) is 6.89. The molecule has 1 heterocycles. The van der Waals surface area contributed by atoms with Gasteiger partial charge in [0.2, 0.25) is 0 Å². The third-order valence-corrected chi connectivity index (χ3v) is 4.10. The monoisotopic (exact) mass is 235 g/mol. The normalized spacial score (nSPS) is 19.8. The van der Waals surface area contributed by atoms with Gasteiger partial charge in [0.15, 0.2) is 0 Å². The van der Waals surface area contributed by atoms with Crippen LogP contribution in [0.4, 0.5) is 0 Å². The first-order valence-corrected chi connectivity index (χ1v) is 6.89. The summed E-state index contributed by atoms with van der Waals surface area (Å²) in [5.41, 5.74) is 7.56. The molecule has 0 amide bonds. The van der Waals surface area contributed by atoms with Crippen molar-refractivity contribution in [2.24, 2.45) is 11.1 Å². The number of rotatable bonds is 4. The number of nitrogens with two attached hydrogens (primary N) is 1. The second-order valence-corrected chi connectivity index (χ2v) is 5.82. The predicted molar refractivity (Wildman–Crippen MR) is 70.9 cm³/mol. The van der Waals surface area contributed by atoms with Crippen molar-refractivity contribution in [1.29, 1.82) is 0 Å². The van der Waals surface area contributed by atoms with E-state index >= 15 is 0 Å². The van der Waals surface area contributed by atoms with Crippen LogP contribution in [0.3, 0.4) is 0 Å². The van der Waals surface area contributed by atoms with Crippen molar-refractivity contribution in [3.8, 4) is 0 Å². The van der Waals surface area contributed by atoms with Crippen LogP contribution in [0.25, 0.3) is 0 Å². The SMILES string of the molecule is CC(C)n1ccc(CC2(CN)CCCCC2)n1.